The van der Waals surface area contributed by atoms with E-state index < -0.39 is 0 Å². The Morgan fingerprint density at radius 3 is 0.957 bits per heavy atom. The predicted octanol–water partition coefficient (Wildman–Crippen LogP) is 8.34. The molecule has 0 amide bonds. The van der Waals surface area contributed by atoms with E-state index in [4.69, 9.17) is 0 Å². The molecular formula is C21H44S2. The van der Waals surface area contributed by atoms with Crippen LogP contribution in [0.5, 0.6) is 0 Å². The van der Waals surface area contributed by atoms with Crippen molar-refractivity contribution in [3.63, 3.8) is 0 Å². The predicted molar refractivity (Wildman–Crippen MR) is 115 cm³/mol. The van der Waals surface area contributed by atoms with Crippen molar-refractivity contribution in [2.75, 3.05) is 23.0 Å². The fourth-order valence-electron chi connectivity index (χ4n) is 2.76. The largest absolute Gasteiger partial charge is 0.162 e. The fraction of sp³-hybridized carbons (Fsp3) is 1.00. The number of rotatable bonds is 20. The third kappa shape index (κ3) is 22.7. The molecule has 0 spiro atoms. The van der Waals surface area contributed by atoms with Gasteiger partial charge < -0.3 is 0 Å². The summed E-state index contributed by atoms with van der Waals surface area (Å²) in [5.74, 6) is 5.60. The van der Waals surface area contributed by atoms with E-state index in [1.54, 1.807) is 0 Å². The molecule has 0 aliphatic rings. The molecule has 0 fully saturated rings. The minimum atomic E-state index is 1.37. The van der Waals surface area contributed by atoms with Crippen molar-refractivity contribution < 1.29 is 0 Å². The normalized spacial score (nSPS) is 11.2. The van der Waals surface area contributed by atoms with Gasteiger partial charge >= 0.3 is 0 Å². The van der Waals surface area contributed by atoms with E-state index in [1.165, 1.54) is 119 Å². The Kier molecular flexibility index (Phi) is 23.4. The van der Waals surface area contributed by atoms with Crippen LogP contribution in [0.2, 0.25) is 0 Å². The average Bonchev–Trinajstić information content (AvgIpc) is 2.57. The molecule has 0 aliphatic carbocycles. The maximum absolute atomic E-state index is 2.29. The van der Waals surface area contributed by atoms with Gasteiger partial charge in [0.25, 0.3) is 0 Å². The van der Waals surface area contributed by atoms with Crippen LogP contribution in [0.4, 0.5) is 0 Å². The van der Waals surface area contributed by atoms with E-state index >= 15 is 0 Å². The van der Waals surface area contributed by atoms with Crippen molar-refractivity contribution >= 4 is 23.5 Å². The maximum Gasteiger partial charge on any atom is -0.00675 e. The summed E-state index contributed by atoms with van der Waals surface area (Å²) in [5.41, 5.74) is 0. The van der Waals surface area contributed by atoms with Crippen LogP contribution in [0.3, 0.4) is 0 Å². The first-order valence-electron chi connectivity index (χ1n) is 10.6. The Morgan fingerprint density at radius 2 is 0.609 bits per heavy atom. The molecule has 0 aromatic rings. The molecule has 0 bridgehead atoms. The molecule has 0 N–H and O–H groups in total. The molecule has 23 heavy (non-hydrogen) atoms. The van der Waals surface area contributed by atoms with Crippen molar-refractivity contribution in [2.45, 2.75) is 110 Å². The molecule has 0 heterocycles. The summed E-state index contributed by atoms with van der Waals surface area (Å²) in [4.78, 5) is 0. The average molecular weight is 361 g/mol. The van der Waals surface area contributed by atoms with Gasteiger partial charge in [-0.05, 0) is 48.7 Å². The molecule has 0 atom stereocenters. The minimum Gasteiger partial charge on any atom is -0.162 e. The van der Waals surface area contributed by atoms with Crippen molar-refractivity contribution in [1.82, 2.24) is 0 Å². The highest BCUT2D eigenvalue weighted by Crippen LogP contribution is 2.14. The van der Waals surface area contributed by atoms with Gasteiger partial charge in [-0.1, -0.05) is 84.5 Å². The Balaban J connectivity index is 2.92. The number of hydrogen-bond acceptors (Lipinski definition) is 2. The topological polar surface area (TPSA) is 0 Å². The molecule has 0 rings (SSSR count). The fourth-order valence-corrected chi connectivity index (χ4v) is 4.80. The minimum absolute atomic E-state index is 1.37. The van der Waals surface area contributed by atoms with Crippen LogP contribution in [0.25, 0.3) is 0 Å². The van der Waals surface area contributed by atoms with E-state index in [-0.39, 0.29) is 0 Å². The Morgan fingerprint density at radius 1 is 0.348 bits per heavy atom. The number of thioether (sulfide) groups is 2. The van der Waals surface area contributed by atoms with Crippen LogP contribution in [0.1, 0.15) is 110 Å². The first-order chi connectivity index (χ1) is 11.4. The first-order valence-corrected chi connectivity index (χ1v) is 12.9. The summed E-state index contributed by atoms with van der Waals surface area (Å²) in [6.07, 6.45) is 21.6. The molecule has 140 valence electrons. The highest BCUT2D eigenvalue weighted by molar-refractivity contribution is 7.99. The van der Waals surface area contributed by atoms with Crippen LogP contribution in [-0.2, 0) is 0 Å². The summed E-state index contributed by atoms with van der Waals surface area (Å²) in [7, 11) is 0. The van der Waals surface area contributed by atoms with Gasteiger partial charge in [0, 0.05) is 0 Å². The standard InChI is InChI=1S/C21H44S2/c1-3-5-7-9-11-14-18-22-20-16-13-17-21-23-19-15-12-10-8-6-4-2/h3-21H2,1-2H3. The molecule has 0 aromatic heterocycles. The third-order valence-corrected chi connectivity index (χ3v) is 6.67. The first kappa shape index (κ1) is 23.7. The second-order valence-electron chi connectivity index (χ2n) is 6.82. The molecule has 2 heteroatoms. The lowest BCUT2D eigenvalue weighted by Crippen LogP contribution is -1.89. The van der Waals surface area contributed by atoms with Crippen LogP contribution in [-0.4, -0.2) is 23.0 Å². The van der Waals surface area contributed by atoms with E-state index in [9.17, 15) is 0 Å². The van der Waals surface area contributed by atoms with E-state index in [1.807, 2.05) is 0 Å². The summed E-state index contributed by atoms with van der Waals surface area (Å²) in [5, 5.41) is 0. The van der Waals surface area contributed by atoms with Gasteiger partial charge in [-0.3, -0.25) is 0 Å². The third-order valence-electron chi connectivity index (χ3n) is 4.36. The summed E-state index contributed by atoms with van der Waals surface area (Å²) in [6, 6.07) is 0. The Bertz CT molecular complexity index is 174. The molecule has 0 saturated heterocycles. The summed E-state index contributed by atoms with van der Waals surface area (Å²) in [6.45, 7) is 4.59. The van der Waals surface area contributed by atoms with Gasteiger partial charge in [0.2, 0.25) is 0 Å². The highest BCUT2D eigenvalue weighted by Gasteiger charge is 1.95. The van der Waals surface area contributed by atoms with E-state index in [2.05, 4.69) is 37.4 Å². The zero-order valence-electron chi connectivity index (χ0n) is 16.3. The van der Waals surface area contributed by atoms with Crippen LogP contribution in [0.15, 0.2) is 0 Å². The Hall–Kier alpha value is 0.700. The SMILES string of the molecule is CCCCCCCCSCCCCCSCCCCCCCC. The van der Waals surface area contributed by atoms with E-state index in [0.717, 1.165) is 0 Å². The van der Waals surface area contributed by atoms with Gasteiger partial charge in [-0.15, -0.1) is 0 Å². The summed E-state index contributed by atoms with van der Waals surface area (Å²) >= 11 is 4.38. The lowest BCUT2D eigenvalue weighted by atomic mass is 10.1. The van der Waals surface area contributed by atoms with Crippen molar-refractivity contribution in [3.05, 3.63) is 0 Å². The molecule has 0 nitrogen and oxygen atoms in total. The molecule has 0 radical (unpaired) electrons. The van der Waals surface area contributed by atoms with Crippen molar-refractivity contribution in [1.29, 1.82) is 0 Å². The van der Waals surface area contributed by atoms with Crippen LogP contribution >= 0.6 is 23.5 Å². The smallest absolute Gasteiger partial charge is 0.00675 e. The zero-order chi connectivity index (χ0) is 16.8. The molecule has 0 unspecified atom stereocenters. The van der Waals surface area contributed by atoms with Crippen molar-refractivity contribution in [2.24, 2.45) is 0 Å². The highest BCUT2D eigenvalue weighted by atomic mass is 32.2. The number of hydrogen-bond donors (Lipinski definition) is 0. The lowest BCUT2D eigenvalue weighted by Gasteiger charge is -2.04. The lowest BCUT2D eigenvalue weighted by molar-refractivity contribution is 0.626. The van der Waals surface area contributed by atoms with Gasteiger partial charge in [0.05, 0.1) is 0 Å². The monoisotopic (exact) mass is 360 g/mol. The van der Waals surface area contributed by atoms with Gasteiger partial charge in [0.1, 0.15) is 0 Å². The maximum atomic E-state index is 2.29. The van der Waals surface area contributed by atoms with Crippen LogP contribution < -0.4 is 0 Å². The van der Waals surface area contributed by atoms with E-state index in [0.29, 0.717) is 0 Å². The quantitative estimate of drug-likeness (QED) is 0.200. The second kappa shape index (κ2) is 22.7. The molecule has 0 aromatic carbocycles. The van der Waals surface area contributed by atoms with Gasteiger partial charge in [-0.2, -0.15) is 23.5 Å². The zero-order valence-corrected chi connectivity index (χ0v) is 17.9. The second-order valence-corrected chi connectivity index (χ2v) is 9.27. The molecule has 0 aliphatic heterocycles. The number of unbranched alkanes of at least 4 members (excludes halogenated alkanes) is 12. The summed E-state index contributed by atoms with van der Waals surface area (Å²) < 4.78 is 0. The molecular weight excluding hydrogens is 316 g/mol. The van der Waals surface area contributed by atoms with Gasteiger partial charge in [0.15, 0.2) is 0 Å². The van der Waals surface area contributed by atoms with Crippen LogP contribution in [0, 0.1) is 0 Å². The van der Waals surface area contributed by atoms with Gasteiger partial charge in [-0.25, -0.2) is 0 Å². The van der Waals surface area contributed by atoms with Crippen molar-refractivity contribution in [3.8, 4) is 0 Å². The molecule has 0 saturated carbocycles. The Labute approximate surface area is 156 Å².